The number of amides is 2. The normalized spacial score (nSPS) is 10.1. The molecular weight excluding hydrogens is 348 g/mol. The van der Waals surface area contributed by atoms with E-state index in [1.165, 1.54) is 0 Å². The molecular formula is C20H24N2O5. The van der Waals surface area contributed by atoms with Gasteiger partial charge in [0.1, 0.15) is 24.7 Å². The summed E-state index contributed by atoms with van der Waals surface area (Å²) in [5.41, 5.74) is 6.27. The van der Waals surface area contributed by atoms with Crippen LogP contribution in [0.4, 0.5) is 4.79 Å². The maximum absolute atomic E-state index is 12.0. The van der Waals surface area contributed by atoms with Crippen molar-refractivity contribution in [3.05, 3.63) is 59.7 Å². The molecule has 0 aliphatic rings. The van der Waals surface area contributed by atoms with Crippen LogP contribution in [-0.4, -0.2) is 31.8 Å². The zero-order valence-corrected chi connectivity index (χ0v) is 15.3. The van der Waals surface area contributed by atoms with Gasteiger partial charge < -0.3 is 25.3 Å². The van der Waals surface area contributed by atoms with Crippen molar-refractivity contribution in [3.8, 4) is 11.5 Å². The summed E-state index contributed by atoms with van der Waals surface area (Å²) in [6, 6.07) is 13.4. The molecule has 0 spiro atoms. The molecule has 0 unspecified atom stereocenters. The number of urea groups is 1. The van der Waals surface area contributed by atoms with Crippen molar-refractivity contribution in [1.82, 2.24) is 5.32 Å². The Morgan fingerprint density at radius 3 is 2.04 bits per heavy atom. The first-order valence-electron chi connectivity index (χ1n) is 8.73. The van der Waals surface area contributed by atoms with Gasteiger partial charge in [-0.05, 0) is 48.4 Å². The number of nitrogens with two attached hydrogens (primary N) is 1. The summed E-state index contributed by atoms with van der Waals surface area (Å²) < 4.78 is 16.2. The first-order chi connectivity index (χ1) is 13.1. The van der Waals surface area contributed by atoms with Gasteiger partial charge in [0.2, 0.25) is 0 Å². The first kappa shape index (κ1) is 20.1. The summed E-state index contributed by atoms with van der Waals surface area (Å²) in [5, 5.41) is 2.48. The van der Waals surface area contributed by atoms with Gasteiger partial charge in [-0.2, -0.15) is 0 Å². The summed E-state index contributed by atoms with van der Waals surface area (Å²) in [6.45, 7) is 3.42. The third kappa shape index (κ3) is 7.27. The van der Waals surface area contributed by atoms with Gasteiger partial charge in [0.05, 0.1) is 12.2 Å². The van der Waals surface area contributed by atoms with Crippen LogP contribution in [0.25, 0.3) is 0 Å². The molecule has 0 bridgehead atoms. The van der Waals surface area contributed by atoms with Crippen LogP contribution >= 0.6 is 0 Å². The Kier molecular flexibility index (Phi) is 7.96. The van der Waals surface area contributed by atoms with Crippen LogP contribution in [0, 0.1) is 0 Å². The fourth-order valence-electron chi connectivity index (χ4n) is 2.18. The van der Waals surface area contributed by atoms with E-state index in [-0.39, 0.29) is 13.2 Å². The van der Waals surface area contributed by atoms with Gasteiger partial charge in [-0.3, -0.25) is 0 Å². The molecule has 2 aromatic carbocycles. The number of esters is 1. The van der Waals surface area contributed by atoms with Crippen molar-refractivity contribution in [2.45, 2.75) is 19.9 Å². The van der Waals surface area contributed by atoms with E-state index < -0.39 is 12.0 Å². The molecule has 2 aromatic rings. The zero-order chi connectivity index (χ0) is 19.5. The largest absolute Gasteiger partial charge is 0.494 e. The van der Waals surface area contributed by atoms with E-state index in [4.69, 9.17) is 19.9 Å². The Balaban J connectivity index is 1.70. The van der Waals surface area contributed by atoms with Crippen LogP contribution in [0.1, 0.15) is 29.3 Å². The van der Waals surface area contributed by atoms with Crippen LogP contribution in [0.3, 0.4) is 0 Å². The quantitative estimate of drug-likeness (QED) is 0.493. The number of carbonyl (C=O) groups is 2. The Morgan fingerprint density at radius 2 is 1.48 bits per heavy atom. The van der Waals surface area contributed by atoms with Crippen LogP contribution in [0.5, 0.6) is 11.5 Å². The monoisotopic (exact) mass is 372 g/mol. The second kappa shape index (κ2) is 10.7. The number of nitrogens with one attached hydrogen (secondary N) is 1. The molecule has 3 N–H and O–H groups in total. The second-order valence-corrected chi connectivity index (χ2v) is 5.72. The van der Waals surface area contributed by atoms with Crippen molar-refractivity contribution in [3.63, 3.8) is 0 Å². The summed E-state index contributed by atoms with van der Waals surface area (Å²) in [6.07, 6.45) is 0.955. The van der Waals surface area contributed by atoms with Gasteiger partial charge in [-0.15, -0.1) is 0 Å². The average molecular weight is 372 g/mol. The zero-order valence-electron chi connectivity index (χ0n) is 15.3. The minimum atomic E-state index is -0.596. The molecule has 0 atom stereocenters. The number of benzene rings is 2. The summed E-state index contributed by atoms with van der Waals surface area (Å²) in [5.74, 6) is 1.04. The first-order valence-corrected chi connectivity index (χ1v) is 8.73. The lowest BCUT2D eigenvalue weighted by Gasteiger charge is -2.09. The van der Waals surface area contributed by atoms with Gasteiger partial charge >= 0.3 is 12.0 Å². The standard InChI is InChI=1S/C20H24N2O5/c1-2-11-25-17-7-9-18(10-8-17)26-12-13-27-19(23)16-5-3-15(4-6-16)14-22-20(21)24/h3-10H,2,11-14H2,1H3,(H3,21,22,24). The third-order valence-corrected chi connectivity index (χ3v) is 3.54. The molecule has 0 radical (unpaired) electrons. The SMILES string of the molecule is CCCOc1ccc(OCCOC(=O)c2ccc(CNC(N)=O)cc2)cc1. The lowest BCUT2D eigenvalue weighted by molar-refractivity contribution is 0.0450. The summed E-state index contributed by atoms with van der Waals surface area (Å²) in [4.78, 5) is 22.7. The average Bonchev–Trinajstić information content (AvgIpc) is 2.69. The maximum atomic E-state index is 12.0. The van der Waals surface area contributed by atoms with E-state index in [1.807, 2.05) is 31.2 Å². The Morgan fingerprint density at radius 1 is 0.889 bits per heavy atom. The van der Waals surface area contributed by atoms with Crippen molar-refractivity contribution < 1.29 is 23.8 Å². The molecule has 0 saturated carbocycles. The highest BCUT2D eigenvalue weighted by molar-refractivity contribution is 5.89. The number of rotatable bonds is 10. The van der Waals surface area contributed by atoms with Crippen molar-refractivity contribution in [1.29, 1.82) is 0 Å². The van der Waals surface area contributed by atoms with E-state index >= 15 is 0 Å². The minimum Gasteiger partial charge on any atom is -0.494 e. The number of hydrogen-bond acceptors (Lipinski definition) is 5. The Hall–Kier alpha value is -3.22. The minimum absolute atomic E-state index is 0.137. The molecule has 0 aliphatic carbocycles. The summed E-state index contributed by atoms with van der Waals surface area (Å²) in [7, 11) is 0. The van der Waals surface area contributed by atoms with Gasteiger partial charge in [-0.25, -0.2) is 9.59 Å². The molecule has 0 aromatic heterocycles. The topological polar surface area (TPSA) is 99.9 Å². The van der Waals surface area contributed by atoms with Crippen LogP contribution in [0.2, 0.25) is 0 Å². The van der Waals surface area contributed by atoms with E-state index in [0.717, 1.165) is 17.7 Å². The van der Waals surface area contributed by atoms with Gasteiger partial charge in [0.25, 0.3) is 0 Å². The number of primary amides is 1. The molecule has 2 amide bonds. The Bertz CT molecular complexity index is 729. The number of ether oxygens (including phenoxy) is 3. The number of carbonyl (C=O) groups excluding carboxylic acids is 2. The third-order valence-electron chi connectivity index (χ3n) is 3.54. The van der Waals surface area contributed by atoms with E-state index in [0.29, 0.717) is 24.5 Å². The lowest BCUT2D eigenvalue weighted by atomic mass is 10.1. The Labute approximate surface area is 158 Å². The molecule has 0 heterocycles. The van der Waals surface area contributed by atoms with Crippen LogP contribution in [0.15, 0.2) is 48.5 Å². The van der Waals surface area contributed by atoms with Crippen LogP contribution in [-0.2, 0) is 11.3 Å². The van der Waals surface area contributed by atoms with E-state index in [2.05, 4.69) is 5.32 Å². The van der Waals surface area contributed by atoms with Crippen molar-refractivity contribution in [2.75, 3.05) is 19.8 Å². The molecule has 27 heavy (non-hydrogen) atoms. The van der Waals surface area contributed by atoms with Gasteiger partial charge in [-0.1, -0.05) is 19.1 Å². The second-order valence-electron chi connectivity index (χ2n) is 5.72. The van der Waals surface area contributed by atoms with Gasteiger partial charge in [0, 0.05) is 6.54 Å². The highest BCUT2D eigenvalue weighted by Crippen LogP contribution is 2.17. The maximum Gasteiger partial charge on any atom is 0.338 e. The molecule has 0 saturated heterocycles. The van der Waals surface area contributed by atoms with Crippen LogP contribution < -0.4 is 20.5 Å². The lowest BCUT2D eigenvalue weighted by Crippen LogP contribution is -2.28. The van der Waals surface area contributed by atoms with Crippen molar-refractivity contribution in [2.24, 2.45) is 5.73 Å². The molecule has 0 fully saturated rings. The van der Waals surface area contributed by atoms with Crippen molar-refractivity contribution >= 4 is 12.0 Å². The highest BCUT2D eigenvalue weighted by Gasteiger charge is 2.07. The fourth-order valence-corrected chi connectivity index (χ4v) is 2.18. The summed E-state index contributed by atoms with van der Waals surface area (Å²) >= 11 is 0. The molecule has 0 aliphatic heterocycles. The molecule has 144 valence electrons. The molecule has 7 nitrogen and oxygen atoms in total. The number of hydrogen-bond donors (Lipinski definition) is 2. The highest BCUT2D eigenvalue weighted by atomic mass is 16.6. The van der Waals surface area contributed by atoms with Gasteiger partial charge in [0.15, 0.2) is 0 Å². The fraction of sp³-hybridized carbons (Fsp3) is 0.300. The molecule has 2 rings (SSSR count). The molecule has 7 heteroatoms. The predicted octanol–water partition coefficient (Wildman–Crippen LogP) is 2.88. The predicted molar refractivity (Wildman–Crippen MR) is 101 cm³/mol. The van der Waals surface area contributed by atoms with E-state index in [1.54, 1.807) is 24.3 Å². The smallest absolute Gasteiger partial charge is 0.338 e. The van der Waals surface area contributed by atoms with E-state index in [9.17, 15) is 9.59 Å².